The Balaban J connectivity index is 3.01. The summed E-state index contributed by atoms with van der Waals surface area (Å²) in [6.45, 7) is 5.57. The molecular formula is C16H25NO3S. The highest BCUT2D eigenvalue weighted by molar-refractivity contribution is 7.99. The molecule has 0 aromatic heterocycles. The Labute approximate surface area is 131 Å². The van der Waals surface area contributed by atoms with Crippen molar-refractivity contribution in [2.75, 3.05) is 38.4 Å². The maximum atomic E-state index is 12.6. The predicted molar refractivity (Wildman–Crippen MR) is 87.6 cm³/mol. The summed E-state index contributed by atoms with van der Waals surface area (Å²) in [5.41, 5.74) is 0.139. The van der Waals surface area contributed by atoms with E-state index in [-0.39, 0.29) is 5.97 Å². The van der Waals surface area contributed by atoms with Gasteiger partial charge in [0.25, 0.3) is 0 Å². The Hall–Kier alpha value is -1.04. The molecule has 1 atom stereocenters. The first-order valence-electron chi connectivity index (χ1n) is 7.25. The second kappa shape index (κ2) is 9.82. The van der Waals surface area contributed by atoms with Crippen LogP contribution in [-0.2, 0) is 19.8 Å². The highest BCUT2D eigenvalue weighted by atomic mass is 32.2. The summed E-state index contributed by atoms with van der Waals surface area (Å²) in [5.74, 6) is 1.24. The number of carbonyl (C=O) groups is 1. The first-order chi connectivity index (χ1) is 10.2. The van der Waals surface area contributed by atoms with Gasteiger partial charge in [0.15, 0.2) is 5.54 Å². The highest BCUT2D eigenvalue weighted by Gasteiger charge is 2.40. The fourth-order valence-electron chi connectivity index (χ4n) is 2.13. The van der Waals surface area contributed by atoms with E-state index in [1.807, 2.05) is 44.2 Å². The van der Waals surface area contributed by atoms with Crippen LogP contribution in [-0.4, -0.2) is 44.3 Å². The van der Waals surface area contributed by atoms with Gasteiger partial charge in [-0.05, 0) is 19.0 Å². The minimum Gasteiger partial charge on any atom is -0.464 e. The fourth-order valence-corrected chi connectivity index (χ4v) is 3.25. The quantitative estimate of drug-likeness (QED) is 0.531. The van der Waals surface area contributed by atoms with E-state index in [1.165, 1.54) is 0 Å². The molecule has 0 heterocycles. The number of thioether (sulfide) groups is 1. The van der Waals surface area contributed by atoms with Crippen molar-refractivity contribution in [1.82, 2.24) is 5.32 Å². The highest BCUT2D eigenvalue weighted by Crippen LogP contribution is 2.27. The van der Waals surface area contributed by atoms with Gasteiger partial charge in [-0.2, -0.15) is 11.8 Å². The summed E-state index contributed by atoms with van der Waals surface area (Å²) in [4.78, 5) is 12.6. The summed E-state index contributed by atoms with van der Waals surface area (Å²) in [6, 6.07) is 9.78. The Bertz CT molecular complexity index is 413. The van der Waals surface area contributed by atoms with Crippen molar-refractivity contribution >= 4 is 17.7 Å². The molecule has 4 nitrogen and oxygen atoms in total. The van der Waals surface area contributed by atoms with Crippen LogP contribution in [0, 0.1) is 0 Å². The van der Waals surface area contributed by atoms with Crippen LogP contribution >= 0.6 is 11.8 Å². The number of carbonyl (C=O) groups excluding carboxylic acids is 1. The van der Waals surface area contributed by atoms with E-state index in [1.54, 1.807) is 18.9 Å². The second-order valence-electron chi connectivity index (χ2n) is 4.57. The molecule has 1 N–H and O–H groups in total. The minimum absolute atomic E-state index is 0.219. The second-order valence-corrected chi connectivity index (χ2v) is 5.67. The molecule has 1 unspecified atom stereocenters. The molecule has 0 saturated carbocycles. The van der Waals surface area contributed by atoms with Crippen molar-refractivity contribution in [2.45, 2.75) is 19.4 Å². The zero-order valence-corrected chi connectivity index (χ0v) is 13.9. The van der Waals surface area contributed by atoms with Crippen LogP contribution < -0.4 is 5.32 Å². The Kier molecular flexibility index (Phi) is 8.42. The fraction of sp³-hybridized carbons (Fsp3) is 0.562. The van der Waals surface area contributed by atoms with Gasteiger partial charge in [-0.1, -0.05) is 37.3 Å². The number of ether oxygens (including phenoxy) is 2. The van der Waals surface area contributed by atoms with Gasteiger partial charge in [-0.15, -0.1) is 0 Å². The lowest BCUT2D eigenvalue weighted by molar-refractivity contribution is -0.150. The number of esters is 1. The Morgan fingerprint density at radius 2 is 2.00 bits per heavy atom. The molecule has 0 spiro atoms. The molecule has 0 aliphatic carbocycles. The van der Waals surface area contributed by atoms with Crippen molar-refractivity contribution < 1.29 is 14.3 Å². The molecule has 1 aromatic rings. The maximum absolute atomic E-state index is 12.6. The third kappa shape index (κ3) is 5.02. The molecular weight excluding hydrogens is 286 g/mol. The lowest BCUT2D eigenvalue weighted by Crippen LogP contribution is -2.52. The van der Waals surface area contributed by atoms with Crippen LogP contribution in [0.3, 0.4) is 0 Å². The van der Waals surface area contributed by atoms with Gasteiger partial charge in [0, 0.05) is 18.6 Å². The number of benzene rings is 1. The molecule has 5 heteroatoms. The van der Waals surface area contributed by atoms with E-state index in [0.717, 1.165) is 11.3 Å². The minimum atomic E-state index is -0.801. The molecule has 0 bridgehead atoms. The van der Waals surface area contributed by atoms with E-state index < -0.39 is 5.54 Å². The average molecular weight is 311 g/mol. The third-order valence-corrected chi connectivity index (χ3v) is 4.21. The first-order valence-corrected chi connectivity index (χ1v) is 8.41. The zero-order chi connectivity index (χ0) is 15.6. The number of rotatable bonds is 10. The number of hydrogen-bond donors (Lipinski definition) is 1. The molecule has 21 heavy (non-hydrogen) atoms. The summed E-state index contributed by atoms with van der Waals surface area (Å²) in [6.07, 6.45) is 0. The van der Waals surface area contributed by atoms with Crippen LogP contribution in [0.2, 0.25) is 0 Å². The number of nitrogens with one attached hydrogen (secondary N) is 1. The summed E-state index contributed by atoms with van der Waals surface area (Å²) in [7, 11) is 1.68. The lowest BCUT2D eigenvalue weighted by Gasteiger charge is -2.32. The van der Waals surface area contributed by atoms with Crippen molar-refractivity contribution in [1.29, 1.82) is 0 Å². The molecule has 1 aromatic carbocycles. The van der Waals surface area contributed by atoms with Gasteiger partial charge in [-0.3, -0.25) is 5.32 Å². The van der Waals surface area contributed by atoms with Gasteiger partial charge >= 0.3 is 5.97 Å². The molecule has 118 valence electrons. The monoisotopic (exact) mass is 311 g/mol. The standard InChI is InChI=1S/C16H25NO3S/c1-4-17-16(15(18)20-5-2,13-21-12-11-19-3)14-9-7-6-8-10-14/h6-10,17H,4-5,11-13H2,1-3H3. The third-order valence-electron chi connectivity index (χ3n) is 3.12. The SMILES string of the molecule is CCNC(CSCCOC)(C(=O)OCC)c1ccccc1. The average Bonchev–Trinajstić information content (AvgIpc) is 2.51. The van der Waals surface area contributed by atoms with Crippen molar-refractivity contribution in [3.8, 4) is 0 Å². The molecule has 0 amide bonds. The summed E-state index contributed by atoms with van der Waals surface area (Å²) >= 11 is 1.69. The van der Waals surface area contributed by atoms with Crippen LogP contribution in [0.4, 0.5) is 0 Å². The van der Waals surface area contributed by atoms with Crippen LogP contribution in [0.25, 0.3) is 0 Å². The van der Waals surface area contributed by atoms with Crippen molar-refractivity contribution in [3.63, 3.8) is 0 Å². The summed E-state index contributed by atoms with van der Waals surface area (Å²) in [5, 5.41) is 3.34. The smallest absolute Gasteiger partial charge is 0.331 e. The van der Waals surface area contributed by atoms with Crippen LogP contribution in [0.15, 0.2) is 30.3 Å². The normalized spacial score (nSPS) is 13.7. The maximum Gasteiger partial charge on any atom is 0.331 e. The molecule has 0 aliphatic heterocycles. The summed E-state index contributed by atoms with van der Waals surface area (Å²) < 4.78 is 10.4. The van der Waals surface area contributed by atoms with Gasteiger partial charge in [0.1, 0.15) is 0 Å². The largest absolute Gasteiger partial charge is 0.464 e. The Morgan fingerprint density at radius 3 is 2.57 bits per heavy atom. The molecule has 1 rings (SSSR count). The molecule has 0 fully saturated rings. The van der Waals surface area contributed by atoms with Gasteiger partial charge in [0.05, 0.1) is 13.2 Å². The van der Waals surface area contributed by atoms with Crippen LogP contribution in [0.1, 0.15) is 19.4 Å². The predicted octanol–water partition coefficient (Wildman–Crippen LogP) is 2.43. The van der Waals surface area contributed by atoms with Crippen molar-refractivity contribution in [3.05, 3.63) is 35.9 Å². The topological polar surface area (TPSA) is 47.6 Å². The van der Waals surface area contributed by atoms with Gasteiger partial charge in [-0.25, -0.2) is 4.79 Å². The molecule has 0 saturated heterocycles. The zero-order valence-electron chi connectivity index (χ0n) is 13.1. The van der Waals surface area contributed by atoms with Gasteiger partial charge < -0.3 is 9.47 Å². The number of hydrogen-bond acceptors (Lipinski definition) is 5. The van der Waals surface area contributed by atoms with E-state index in [0.29, 0.717) is 25.5 Å². The molecule has 0 radical (unpaired) electrons. The van der Waals surface area contributed by atoms with E-state index in [4.69, 9.17) is 9.47 Å². The van der Waals surface area contributed by atoms with Crippen molar-refractivity contribution in [2.24, 2.45) is 0 Å². The van der Waals surface area contributed by atoms with E-state index in [2.05, 4.69) is 5.32 Å². The van der Waals surface area contributed by atoms with Crippen LogP contribution in [0.5, 0.6) is 0 Å². The first kappa shape index (κ1) is 18.0. The number of methoxy groups -OCH3 is 1. The number of likely N-dealkylation sites (N-methyl/N-ethyl adjacent to an activating group) is 1. The lowest BCUT2D eigenvalue weighted by atomic mass is 9.91. The molecule has 0 aliphatic rings. The van der Waals surface area contributed by atoms with E-state index >= 15 is 0 Å². The van der Waals surface area contributed by atoms with E-state index in [9.17, 15) is 4.79 Å². The van der Waals surface area contributed by atoms with Gasteiger partial charge in [0.2, 0.25) is 0 Å². The Morgan fingerprint density at radius 1 is 1.29 bits per heavy atom.